The Bertz CT molecular complexity index is 763. The number of aryl methyl sites for hydroxylation is 2. The zero-order chi connectivity index (χ0) is 17.9. The third-order valence-corrected chi connectivity index (χ3v) is 4.65. The molecule has 2 N–H and O–H groups in total. The van der Waals surface area contributed by atoms with Crippen LogP contribution in [0.1, 0.15) is 43.7 Å². The first kappa shape index (κ1) is 17.2. The molecular weight excluding hydrogens is 320 g/mol. The number of carboxylic acids is 1. The summed E-state index contributed by atoms with van der Waals surface area (Å²) in [5.41, 5.74) is 1.19. The van der Waals surface area contributed by atoms with E-state index in [1.54, 1.807) is 0 Å². The van der Waals surface area contributed by atoms with E-state index < -0.39 is 11.5 Å². The molecule has 25 heavy (non-hydrogen) atoms. The van der Waals surface area contributed by atoms with Gasteiger partial charge in [0.15, 0.2) is 11.7 Å². The van der Waals surface area contributed by atoms with Crippen LogP contribution < -0.4 is 5.32 Å². The highest BCUT2D eigenvalue weighted by Gasteiger charge is 2.40. The van der Waals surface area contributed by atoms with Gasteiger partial charge in [0.25, 0.3) is 0 Å². The third-order valence-electron chi connectivity index (χ3n) is 4.65. The molecule has 0 unspecified atom stereocenters. The standard InChI is InChI=1S/C19H22N2O4/c1-13-18(14-6-3-2-4-7-14)25-16(20-13)9-8-15(22)21-19(10-5-11-19)12-17(23)24/h2-4,6-7H,5,8-12H2,1H3,(H,21,22)(H,23,24). The van der Waals surface area contributed by atoms with E-state index >= 15 is 0 Å². The molecule has 0 radical (unpaired) electrons. The van der Waals surface area contributed by atoms with Crippen LogP contribution in [0.3, 0.4) is 0 Å². The second-order valence-electron chi connectivity index (χ2n) is 6.64. The number of oxazole rings is 1. The Kier molecular flexibility index (Phi) is 4.88. The molecule has 1 amide bonds. The molecule has 1 fully saturated rings. The molecule has 0 spiro atoms. The Hall–Kier alpha value is -2.63. The summed E-state index contributed by atoms with van der Waals surface area (Å²) >= 11 is 0. The lowest BCUT2D eigenvalue weighted by Gasteiger charge is -2.41. The summed E-state index contributed by atoms with van der Waals surface area (Å²) in [6.07, 6.45) is 3.00. The Balaban J connectivity index is 1.59. The number of nitrogens with zero attached hydrogens (tertiary/aromatic N) is 1. The maximum absolute atomic E-state index is 12.2. The largest absolute Gasteiger partial charge is 0.481 e. The fourth-order valence-corrected chi connectivity index (χ4v) is 3.23. The van der Waals surface area contributed by atoms with Gasteiger partial charge in [-0.05, 0) is 26.2 Å². The first-order valence-electron chi connectivity index (χ1n) is 8.52. The summed E-state index contributed by atoms with van der Waals surface area (Å²) in [5.74, 6) is 0.207. The van der Waals surface area contributed by atoms with Crippen LogP contribution in [-0.4, -0.2) is 27.5 Å². The van der Waals surface area contributed by atoms with Gasteiger partial charge in [0.2, 0.25) is 5.91 Å². The van der Waals surface area contributed by atoms with E-state index in [1.807, 2.05) is 37.3 Å². The van der Waals surface area contributed by atoms with Crippen molar-refractivity contribution in [2.45, 2.75) is 51.0 Å². The minimum Gasteiger partial charge on any atom is -0.481 e. The van der Waals surface area contributed by atoms with E-state index in [2.05, 4.69) is 10.3 Å². The van der Waals surface area contributed by atoms with Gasteiger partial charge in [-0.25, -0.2) is 4.98 Å². The molecule has 0 bridgehead atoms. The van der Waals surface area contributed by atoms with E-state index in [-0.39, 0.29) is 18.7 Å². The Morgan fingerprint density at radius 3 is 2.60 bits per heavy atom. The average Bonchev–Trinajstić information content (AvgIpc) is 2.92. The van der Waals surface area contributed by atoms with Crippen molar-refractivity contribution < 1.29 is 19.1 Å². The molecule has 1 aliphatic carbocycles. The number of carbonyl (C=O) groups excluding carboxylic acids is 1. The van der Waals surface area contributed by atoms with E-state index in [0.717, 1.165) is 36.3 Å². The van der Waals surface area contributed by atoms with Gasteiger partial charge in [0.05, 0.1) is 17.7 Å². The van der Waals surface area contributed by atoms with Crippen LogP contribution in [0.5, 0.6) is 0 Å². The quantitative estimate of drug-likeness (QED) is 0.806. The maximum Gasteiger partial charge on any atom is 0.305 e. The minimum atomic E-state index is -0.879. The summed E-state index contributed by atoms with van der Waals surface area (Å²) in [4.78, 5) is 27.6. The normalized spacial score (nSPS) is 15.4. The number of aromatic nitrogens is 1. The number of carbonyl (C=O) groups is 2. The van der Waals surface area contributed by atoms with E-state index in [4.69, 9.17) is 9.52 Å². The number of nitrogens with one attached hydrogen (secondary N) is 1. The molecule has 0 aliphatic heterocycles. The predicted molar refractivity (Wildman–Crippen MR) is 92.0 cm³/mol. The lowest BCUT2D eigenvalue weighted by atomic mass is 9.74. The molecule has 0 saturated heterocycles. The summed E-state index contributed by atoms with van der Waals surface area (Å²) in [6.45, 7) is 1.88. The number of carboxylic acid groups (broad SMARTS) is 1. The molecule has 2 aromatic rings. The molecule has 1 heterocycles. The molecule has 1 saturated carbocycles. The Morgan fingerprint density at radius 1 is 1.28 bits per heavy atom. The van der Waals surface area contributed by atoms with Gasteiger partial charge in [-0.1, -0.05) is 30.3 Å². The van der Waals surface area contributed by atoms with Crippen molar-refractivity contribution in [3.63, 3.8) is 0 Å². The zero-order valence-corrected chi connectivity index (χ0v) is 14.2. The molecule has 1 aromatic heterocycles. The molecular formula is C19H22N2O4. The lowest BCUT2D eigenvalue weighted by molar-refractivity contribution is -0.140. The smallest absolute Gasteiger partial charge is 0.305 e. The molecule has 132 valence electrons. The molecule has 6 heteroatoms. The number of hydrogen-bond donors (Lipinski definition) is 2. The van der Waals surface area contributed by atoms with Crippen LogP contribution in [0.15, 0.2) is 34.7 Å². The van der Waals surface area contributed by atoms with E-state index in [0.29, 0.717) is 12.3 Å². The highest BCUT2D eigenvalue weighted by molar-refractivity contribution is 5.78. The highest BCUT2D eigenvalue weighted by Crippen LogP contribution is 2.35. The van der Waals surface area contributed by atoms with Gasteiger partial charge >= 0.3 is 5.97 Å². The Morgan fingerprint density at radius 2 is 2.00 bits per heavy atom. The van der Waals surface area contributed by atoms with Gasteiger partial charge < -0.3 is 14.8 Å². The summed E-state index contributed by atoms with van der Waals surface area (Å²) in [6, 6.07) is 9.72. The zero-order valence-electron chi connectivity index (χ0n) is 14.2. The van der Waals surface area contributed by atoms with E-state index in [9.17, 15) is 9.59 Å². The number of hydrogen-bond acceptors (Lipinski definition) is 4. The lowest BCUT2D eigenvalue weighted by Crippen LogP contribution is -2.54. The van der Waals surface area contributed by atoms with Crippen molar-refractivity contribution in [2.75, 3.05) is 0 Å². The Labute approximate surface area is 146 Å². The van der Waals surface area contributed by atoms with Crippen LogP contribution in [0.4, 0.5) is 0 Å². The summed E-state index contributed by atoms with van der Waals surface area (Å²) < 4.78 is 5.80. The molecule has 3 rings (SSSR count). The fourth-order valence-electron chi connectivity index (χ4n) is 3.23. The molecule has 6 nitrogen and oxygen atoms in total. The van der Waals surface area contributed by atoms with Crippen molar-refractivity contribution in [2.24, 2.45) is 0 Å². The van der Waals surface area contributed by atoms with Crippen LogP contribution >= 0.6 is 0 Å². The first-order chi connectivity index (χ1) is 12.0. The number of benzene rings is 1. The van der Waals surface area contributed by atoms with Gasteiger partial charge in [-0.2, -0.15) is 0 Å². The maximum atomic E-state index is 12.2. The topological polar surface area (TPSA) is 92.4 Å². The van der Waals surface area contributed by atoms with Crippen molar-refractivity contribution in [1.29, 1.82) is 0 Å². The molecule has 0 atom stereocenters. The molecule has 1 aromatic carbocycles. The minimum absolute atomic E-state index is 0.0188. The number of amides is 1. The third kappa shape index (κ3) is 4.07. The second kappa shape index (κ2) is 7.09. The monoisotopic (exact) mass is 342 g/mol. The van der Waals surface area contributed by atoms with E-state index in [1.165, 1.54) is 0 Å². The SMILES string of the molecule is Cc1nc(CCC(=O)NC2(CC(=O)O)CCC2)oc1-c1ccccc1. The van der Waals surface area contributed by atoms with Crippen molar-refractivity contribution in [3.05, 3.63) is 41.9 Å². The van der Waals surface area contributed by atoms with Gasteiger partial charge in [-0.3, -0.25) is 9.59 Å². The van der Waals surface area contributed by atoms with Crippen LogP contribution in [0.2, 0.25) is 0 Å². The second-order valence-corrected chi connectivity index (χ2v) is 6.64. The fraction of sp³-hybridized carbons (Fsp3) is 0.421. The van der Waals surface area contributed by atoms with Crippen LogP contribution in [0.25, 0.3) is 11.3 Å². The predicted octanol–water partition coefficient (Wildman–Crippen LogP) is 3.10. The van der Waals surface area contributed by atoms with Crippen molar-refractivity contribution in [1.82, 2.24) is 10.3 Å². The van der Waals surface area contributed by atoms with Crippen LogP contribution in [0, 0.1) is 6.92 Å². The first-order valence-corrected chi connectivity index (χ1v) is 8.52. The molecule has 1 aliphatic rings. The summed E-state index contributed by atoms with van der Waals surface area (Å²) in [5, 5.41) is 11.9. The number of rotatable bonds is 7. The summed E-state index contributed by atoms with van der Waals surface area (Å²) in [7, 11) is 0. The van der Waals surface area contributed by atoms with Gasteiger partial charge in [-0.15, -0.1) is 0 Å². The number of aliphatic carboxylic acids is 1. The van der Waals surface area contributed by atoms with Crippen LogP contribution in [-0.2, 0) is 16.0 Å². The average molecular weight is 342 g/mol. The highest BCUT2D eigenvalue weighted by atomic mass is 16.4. The van der Waals surface area contributed by atoms with Crippen molar-refractivity contribution >= 4 is 11.9 Å². The van der Waals surface area contributed by atoms with Crippen molar-refractivity contribution in [3.8, 4) is 11.3 Å². The van der Waals surface area contributed by atoms with Gasteiger partial charge in [0.1, 0.15) is 0 Å². The van der Waals surface area contributed by atoms with Gasteiger partial charge in [0, 0.05) is 18.4 Å².